The monoisotopic (exact) mass is 314 g/mol. The van der Waals surface area contributed by atoms with Crippen molar-refractivity contribution < 1.29 is 0 Å². The summed E-state index contributed by atoms with van der Waals surface area (Å²) in [7, 11) is 0. The molecule has 0 amide bonds. The van der Waals surface area contributed by atoms with Crippen LogP contribution in [0, 0.1) is 0 Å². The molecular weight excluding hydrogens is 296 g/mol. The van der Waals surface area contributed by atoms with E-state index in [4.69, 9.17) is 4.99 Å². The van der Waals surface area contributed by atoms with Crippen molar-refractivity contribution in [3.8, 4) is 0 Å². The van der Waals surface area contributed by atoms with Gasteiger partial charge in [-0.25, -0.2) is 4.99 Å². The maximum Gasteiger partial charge on any atom is 0.0658 e. The van der Waals surface area contributed by atoms with Crippen molar-refractivity contribution >= 4 is 29.7 Å². The molecule has 8 bridgehead atoms. The molecule has 5 rings (SSSR count). The molecule has 2 aromatic heterocycles. The number of hydrogen-bond donors (Lipinski definition) is 2. The molecule has 3 aliphatic rings. The Hall–Kier alpha value is -2.88. The third-order valence-corrected chi connectivity index (χ3v) is 4.65. The summed E-state index contributed by atoms with van der Waals surface area (Å²) in [6.45, 7) is 0. The highest BCUT2D eigenvalue weighted by Gasteiger charge is 2.17. The Labute approximate surface area is 139 Å². The van der Waals surface area contributed by atoms with Crippen LogP contribution in [0.3, 0.4) is 0 Å². The van der Waals surface area contributed by atoms with Gasteiger partial charge in [0.25, 0.3) is 0 Å². The van der Waals surface area contributed by atoms with Gasteiger partial charge in [0, 0.05) is 34.2 Å². The van der Waals surface area contributed by atoms with Gasteiger partial charge in [0.05, 0.1) is 17.5 Å². The smallest absolute Gasteiger partial charge is 0.0658 e. The summed E-state index contributed by atoms with van der Waals surface area (Å²) < 4.78 is 0. The molecule has 2 aromatic rings. The van der Waals surface area contributed by atoms with Crippen LogP contribution in [0.4, 0.5) is 0 Å². The van der Waals surface area contributed by atoms with Gasteiger partial charge < -0.3 is 9.97 Å². The molecule has 5 heterocycles. The maximum absolute atomic E-state index is 4.88. The highest BCUT2D eigenvalue weighted by molar-refractivity contribution is 6.19. The van der Waals surface area contributed by atoms with E-state index in [0.717, 1.165) is 47.1 Å². The van der Waals surface area contributed by atoms with Crippen LogP contribution >= 0.6 is 0 Å². The van der Waals surface area contributed by atoms with E-state index in [0.29, 0.717) is 6.04 Å². The Bertz CT molecular complexity index is 1040. The van der Waals surface area contributed by atoms with Crippen LogP contribution in [0.25, 0.3) is 18.2 Å². The lowest BCUT2D eigenvalue weighted by atomic mass is 10.1. The Morgan fingerprint density at radius 3 is 2.79 bits per heavy atom. The van der Waals surface area contributed by atoms with Gasteiger partial charge in [0.2, 0.25) is 0 Å². The number of aliphatic imine (C=N–C) groups is 2. The van der Waals surface area contributed by atoms with Gasteiger partial charge in [0.1, 0.15) is 0 Å². The van der Waals surface area contributed by atoms with Crippen LogP contribution in [0.15, 0.2) is 52.1 Å². The van der Waals surface area contributed by atoms with E-state index in [2.05, 4.69) is 57.5 Å². The number of rotatable bonds is 0. The minimum Gasteiger partial charge on any atom is -0.359 e. The molecule has 1 atom stereocenters. The fourth-order valence-electron chi connectivity index (χ4n) is 3.50. The average Bonchev–Trinajstić information content (AvgIpc) is 3.32. The SMILES string of the molecule is C1=CC2=NC1=Cc1ccc([nH]1)CC1CCC(=N1)C=c1ccc([nH]1)=C2. The summed E-state index contributed by atoms with van der Waals surface area (Å²) in [6, 6.07) is 8.85. The first-order valence-electron chi connectivity index (χ1n) is 8.42. The number of hydrogen-bond acceptors (Lipinski definition) is 2. The Morgan fingerprint density at radius 2 is 1.83 bits per heavy atom. The highest BCUT2D eigenvalue weighted by atomic mass is 14.8. The number of nitrogens with one attached hydrogen (secondary N) is 2. The number of H-pyrrole nitrogens is 2. The molecule has 0 radical (unpaired) electrons. The third-order valence-electron chi connectivity index (χ3n) is 4.65. The minimum absolute atomic E-state index is 0.375. The summed E-state index contributed by atoms with van der Waals surface area (Å²) in [4.78, 5) is 16.5. The Balaban J connectivity index is 1.65. The third kappa shape index (κ3) is 2.60. The van der Waals surface area contributed by atoms with E-state index >= 15 is 0 Å². The molecule has 2 N–H and O–H groups in total. The summed E-state index contributed by atoms with van der Waals surface area (Å²) in [5.74, 6) is 0. The first kappa shape index (κ1) is 13.5. The van der Waals surface area contributed by atoms with Crippen molar-refractivity contribution in [2.75, 3.05) is 0 Å². The van der Waals surface area contributed by atoms with Gasteiger partial charge in [-0.05, 0) is 67.5 Å². The maximum atomic E-state index is 4.88. The molecule has 0 saturated heterocycles. The number of allylic oxidation sites excluding steroid dienone is 2. The predicted octanol–water partition coefficient (Wildman–Crippen LogP) is 2.12. The second-order valence-corrected chi connectivity index (χ2v) is 6.55. The fraction of sp³-hybridized carbons (Fsp3) is 0.200. The molecule has 1 unspecified atom stereocenters. The van der Waals surface area contributed by atoms with E-state index < -0.39 is 0 Å². The number of aromatic amines is 2. The van der Waals surface area contributed by atoms with Crippen molar-refractivity contribution in [2.24, 2.45) is 9.98 Å². The molecule has 24 heavy (non-hydrogen) atoms. The standard InChI is InChI=1S/C20H18N4/c1-2-14-10-16-5-6-18(23-16)12-20-8-7-19(24-20)11-17-4-3-15(22-17)9-13(1)21-14/h1-6,9-11,20,22-23H,7-8,12H2. The second-order valence-electron chi connectivity index (χ2n) is 6.55. The first-order valence-corrected chi connectivity index (χ1v) is 8.42. The van der Waals surface area contributed by atoms with Gasteiger partial charge in [-0.15, -0.1) is 0 Å². The zero-order chi connectivity index (χ0) is 15.9. The molecule has 0 aliphatic carbocycles. The topological polar surface area (TPSA) is 56.3 Å². The zero-order valence-corrected chi connectivity index (χ0v) is 13.3. The van der Waals surface area contributed by atoms with Crippen molar-refractivity contribution in [3.05, 3.63) is 64.2 Å². The van der Waals surface area contributed by atoms with Crippen LogP contribution in [0.2, 0.25) is 0 Å². The van der Waals surface area contributed by atoms with Crippen molar-refractivity contribution in [1.29, 1.82) is 0 Å². The Morgan fingerprint density at radius 1 is 0.917 bits per heavy atom. The van der Waals surface area contributed by atoms with Gasteiger partial charge >= 0.3 is 0 Å². The van der Waals surface area contributed by atoms with Crippen molar-refractivity contribution in [1.82, 2.24) is 9.97 Å². The van der Waals surface area contributed by atoms with Crippen molar-refractivity contribution in [2.45, 2.75) is 25.3 Å². The second kappa shape index (κ2) is 5.34. The zero-order valence-electron chi connectivity index (χ0n) is 13.3. The van der Waals surface area contributed by atoms with E-state index in [1.165, 1.54) is 11.4 Å². The van der Waals surface area contributed by atoms with E-state index in [1.54, 1.807) is 0 Å². The fourth-order valence-corrected chi connectivity index (χ4v) is 3.50. The molecule has 0 aromatic carbocycles. The Kier molecular flexibility index (Phi) is 3.01. The van der Waals surface area contributed by atoms with Crippen LogP contribution in [-0.2, 0) is 6.42 Å². The normalized spacial score (nSPS) is 21.7. The van der Waals surface area contributed by atoms with Gasteiger partial charge in [-0.1, -0.05) is 0 Å². The van der Waals surface area contributed by atoms with Gasteiger partial charge in [-0.2, -0.15) is 0 Å². The van der Waals surface area contributed by atoms with Crippen molar-refractivity contribution in [3.63, 3.8) is 0 Å². The van der Waals surface area contributed by atoms with Crippen LogP contribution in [0.1, 0.15) is 24.2 Å². The number of fused-ring (bicyclic) bond motifs is 6. The summed E-state index contributed by atoms with van der Waals surface area (Å²) >= 11 is 0. The molecule has 118 valence electrons. The lowest BCUT2D eigenvalue weighted by Gasteiger charge is -2.03. The largest absolute Gasteiger partial charge is 0.359 e. The quantitative estimate of drug-likeness (QED) is 0.748. The summed E-state index contributed by atoms with van der Waals surface area (Å²) in [5.41, 5.74) is 5.46. The molecule has 0 saturated carbocycles. The summed E-state index contributed by atoms with van der Waals surface area (Å²) in [6.07, 6.45) is 13.6. The van der Waals surface area contributed by atoms with E-state index in [-0.39, 0.29) is 0 Å². The summed E-state index contributed by atoms with van der Waals surface area (Å²) in [5, 5.41) is 2.17. The molecule has 4 heteroatoms. The molecule has 4 nitrogen and oxygen atoms in total. The van der Waals surface area contributed by atoms with Gasteiger partial charge in [0.15, 0.2) is 0 Å². The average molecular weight is 314 g/mol. The molecule has 3 aliphatic heterocycles. The van der Waals surface area contributed by atoms with Gasteiger partial charge in [-0.3, -0.25) is 4.99 Å². The lowest BCUT2D eigenvalue weighted by Crippen LogP contribution is -2.12. The number of nitrogens with zero attached hydrogens (tertiary/aromatic N) is 2. The lowest BCUT2D eigenvalue weighted by molar-refractivity contribution is 0.659. The molecule has 0 spiro atoms. The first-order chi connectivity index (χ1) is 11.8. The molecular formula is C20H18N4. The minimum atomic E-state index is 0.375. The van der Waals surface area contributed by atoms with E-state index in [9.17, 15) is 0 Å². The number of aromatic nitrogens is 2. The highest BCUT2D eigenvalue weighted by Crippen LogP contribution is 2.20. The molecule has 0 fully saturated rings. The van der Waals surface area contributed by atoms with Crippen LogP contribution < -0.4 is 10.7 Å². The van der Waals surface area contributed by atoms with E-state index in [1.807, 2.05) is 12.2 Å². The van der Waals surface area contributed by atoms with Crippen LogP contribution in [0.5, 0.6) is 0 Å². The van der Waals surface area contributed by atoms with Crippen LogP contribution in [-0.4, -0.2) is 27.4 Å². The predicted molar refractivity (Wildman–Crippen MR) is 98.5 cm³/mol.